The summed E-state index contributed by atoms with van der Waals surface area (Å²) >= 11 is 0. The molecule has 2 aromatic rings. The van der Waals surface area contributed by atoms with Gasteiger partial charge in [-0.05, 0) is 57.3 Å². The van der Waals surface area contributed by atoms with Crippen LogP contribution < -0.4 is 0 Å². The summed E-state index contributed by atoms with van der Waals surface area (Å²) in [6.07, 6.45) is 2.80. The average molecular weight is 365 g/mol. The molecule has 2 aromatic carbocycles. The van der Waals surface area contributed by atoms with Crippen LogP contribution in [0.5, 0.6) is 0 Å². The van der Waals surface area contributed by atoms with Gasteiger partial charge in [0.25, 0.3) is 0 Å². The third kappa shape index (κ3) is 6.52. The van der Waals surface area contributed by atoms with Crippen molar-refractivity contribution in [1.82, 2.24) is 0 Å². The van der Waals surface area contributed by atoms with Crippen LogP contribution in [0.1, 0.15) is 103 Å². The summed E-state index contributed by atoms with van der Waals surface area (Å²) in [4.78, 5) is 0. The van der Waals surface area contributed by atoms with Crippen LogP contribution >= 0.6 is 0 Å². The standard InChI is InChI=1S/C14H22.C13H18/c1-13(2,3)11-7-9-12(10-8-11)14(4,5)6;1-13(2,3)12-8-6-11(7-9-12)10-4-5-10/h7-10H,1-6H3;6-10H,4-5H2,1-3H3. The number of benzene rings is 2. The van der Waals surface area contributed by atoms with Crippen LogP contribution in [-0.4, -0.2) is 0 Å². The number of hydrogen-bond donors (Lipinski definition) is 0. The fourth-order valence-corrected chi connectivity index (χ4v) is 3.14. The van der Waals surface area contributed by atoms with Crippen molar-refractivity contribution in [3.05, 3.63) is 70.8 Å². The maximum Gasteiger partial charge on any atom is -0.0132 e. The highest BCUT2D eigenvalue weighted by Crippen LogP contribution is 2.40. The molecule has 0 amide bonds. The van der Waals surface area contributed by atoms with Crippen LogP contribution in [0.3, 0.4) is 0 Å². The van der Waals surface area contributed by atoms with E-state index in [4.69, 9.17) is 0 Å². The lowest BCUT2D eigenvalue weighted by Gasteiger charge is -2.23. The van der Waals surface area contributed by atoms with Gasteiger partial charge in [0, 0.05) is 0 Å². The first-order valence-corrected chi connectivity index (χ1v) is 10.5. The van der Waals surface area contributed by atoms with Crippen molar-refractivity contribution < 1.29 is 0 Å². The second-order valence-electron chi connectivity index (χ2n) is 11.2. The van der Waals surface area contributed by atoms with Crippen molar-refractivity contribution in [2.75, 3.05) is 0 Å². The Morgan fingerprint density at radius 1 is 0.481 bits per heavy atom. The Hall–Kier alpha value is -1.56. The van der Waals surface area contributed by atoms with Gasteiger partial charge in [-0.3, -0.25) is 0 Å². The van der Waals surface area contributed by atoms with Crippen molar-refractivity contribution in [2.24, 2.45) is 0 Å². The highest BCUT2D eigenvalue weighted by molar-refractivity contribution is 5.32. The molecule has 1 aliphatic rings. The molecule has 0 heteroatoms. The van der Waals surface area contributed by atoms with E-state index in [0.29, 0.717) is 5.41 Å². The van der Waals surface area contributed by atoms with E-state index in [1.54, 1.807) is 0 Å². The maximum atomic E-state index is 2.30. The first-order valence-electron chi connectivity index (χ1n) is 10.5. The molecule has 1 aliphatic carbocycles. The first-order chi connectivity index (χ1) is 12.3. The van der Waals surface area contributed by atoms with E-state index in [1.165, 1.54) is 35.1 Å². The van der Waals surface area contributed by atoms with E-state index in [1.807, 2.05) is 0 Å². The Balaban J connectivity index is 0.000000194. The van der Waals surface area contributed by atoms with Gasteiger partial charge in [0.05, 0.1) is 0 Å². The molecule has 0 spiro atoms. The van der Waals surface area contributed by atoms with Crippen molar-refractivity contribution >= 4 is 0 Å². The number of rotatable bonds is 1. The molecule has 1 fully saturated rings. The van der Waals surface area contributed by atoms with E-state index in [9.17, 15) is 0 Å². The summed E-state index contributed by atoms with van der Waals surface area (Å²) in [6, 6.07) is 18.2. The predicted octanol–water partition coefficient (Wildman–Crippen LogP) is 8.14. The molecule has 0 nitrogen and oxygen atoms in total. The van der Waals surface area contributed by atoms with E-state index in [-0.39, 0.29) is 10.8 Å². The molecule has 0 saturated heterocycles. The Kier molecular flexibility index (Phi) is 6.30. The Labute approximate surface area is 168 Å². The molecule has 0 heterocycles. The van der Waals surface area contributed by atoms with E-state index in [0.717, 1.165) is 5.92 Å². The third-order valence-electron chi connectivity index (χ3n) is 5.44. The molecule has 148 valence electrons. The van der Waals surface area contributed by atoms with Gasteiger partial charge in [0.2, 0.25) is 0 Å². The van der Waals surface area contributed by atoms with Gasteiger partial charge < -0.3 is 0 Å². The SMILES string of the molecule is CC(C)(C)c1ccc(C(C)(C)C)cc1.CC(C)(C)c1ccc(C2CC2)cc1. The maximum absolute atomic E-state index is 2.30. The summed E-state index contributed by atoms with van der Waals surface area (Å²) in [7, 11) is 0. The molecule has 0 radical (unpaired) electrons. The Morgan fingerprint density at radius 3 is 0.963 bits per heavy atom. The third-order valence-corrected chi connectivity index (χ3v) is 5.44. The monoisotopic (exact) mass is 364 g/mol. The molecule has 0 atom stereocenters. The van der Waals surface area contributed by atoms with Gasteiger partial charge in [-0.1, -0.05) is 111 Å². The summed E-state index contributed by atoms with van der Waals surface area (Å²) < 4.78 is 0. The van der Waals surface area contributed by atoms with Gasteiger partial charge in [-0.15, -0.1) is 0 Å². The highest BCUT2D eigenvalue weighted by Gasteiger charge is 2.23. The van der Waals surface area contributed by atoms with Crippen molar-refractivity contribution in [2.45, 2.75) is 97.3 Å². The second-order valence-corrected chi connectivity index (χ2v) is 11.2. The summed E-state index contributed by atoms with van der Waals surface area (Å²) in [5.74, 6) is 0.883. The van der Waals surface area contributed by atoms with Crippen LogP contribution in [-0.2, 0) is 16.2 Å². The zero-order valence-electron chi connectivity index (χ0n) is 19.1. The minimum atomic E-state index is 0.260. The van der Waals surface area contributed by atoms with E-state index < -0.39 is 0 Å². The Morgan fingerprint density at radius 2 is 0.741 bits per heavy atom. The van der Waals surface area contributed by atoms with Gasteiger partial charge in [0.15, 0.2) is 0 Å². The largest absolute Gasteiger partial charge is 0.0585 e. The second kappa shape index (κ2) is 7.82. The van der Waals surface area contributed by atoms with Gasteiger partial charge in [-0.2, -0.15) is 0 Å². The molecule has 0 bridgehead atoms. The minimum absolute atomic E-state index is 0.260. The lowest BCUT2D eigenvalue weighted by atomic mass is 9.82. The van der Waals surface area contributed by atoms with Gasteiger partial charge in [0.1, 0.15) is 0 Å². The molecular formula is C27H40. The van der Waals surface area contributed by atoms with Crippen LogP contribution in [0.2, 0.25) is 0 Å². The predicted molar refractivity (Wildman–Crippen MR) is 121 cm³/mol. The van der Waals surface area contributed by atoms with Crippen molar-refractivity contribution in [3.63, 3.8) is 0 Å². The smallest absolute Gasteiger partial charge is 0.0132 e. The zero-order valence-corrected chi connectivity index (χ0v) is 19.1. The topological polar surface area (TPSA) is 0 Å². The molecule has 3 rings (SSSR count). The quantitative estimate of drug-likeness (QED) is 0.479. The summed E-state index contributed by atoms with van der Waals surface area (Å²) in [6.45, 7) is 20.3. The molecule has 27 heavy (non-hydrogen) atoms. The Bertz CT molecular complexity index is 673. The summed E-state index contributed by atoms with van der Waals surface area (Å²) in [5, 5.41) is 0. The van der Waals surface area contributed by atoms with Crippen LogP contribution in [0, 0.1) is 0 Å². The van der Waals surface area contributed by atoms with Crippen LogP contribution in [0.25, 0.3) is 0 Å². The average Bonchev–Trinajstić information content (AvgIpc) is 3.38. The van der Waals surface area contributed by atoms with E-state index >= 15 is 0 Å². The van der Waals surface area contributed by atoms with Crippen molar-refractivity contribution in [1.29, 1.82) is 0 Å². The van der Waals surface area contributed by atoms with Crippen molar-refractivity contribution in [3.8, 4) is 0 Å². The molecule has 0 aromatic heterocycles. The molecule has 0 unspecified atom stereocenters. The van der Waals surface area contributed by atoms with Gasteiger partial charge >= 0.3 is 0 Å². The number of hydrogen-bond acceptors (Lipinski definition) is 0. The highest BCUT2D eigenvalue weighted by atomic mass is 14.3. The first kappa shape index (κ1) is 21.7. The van der Waals surface area contributed by atoms with Gasteiger partial charge in [-0.25, -0.2) is 0 Å². The minimum Gasteiger partial charge on any atom is -0.0585 e. The normalized spacial score (nSPS) is 15.1. The fraction of sp³-hybridized carbons (Fsp3) is 0.556. The lowest BCUT2D eigenvalue weighted by molar-refractivity contribution is 0.577. The lowest BCUT2D eigenvalue weighted by Crippen LogP contribution is -2.14. The van der Waals surface area contributed by atoms with Crippen LogP contribution in [0.15, 0.2) is 48.5 Å². The molecular weight excluding hydrogens is 324 g/mol. The van der Waals surface area contributed by atoms with E-state index in [2.05, 4.69) is 111 Å². The zero-order chi connectivity index (χ0) is 20.5. The molecule has 0 N–H and O–H groups in total. The van der Waals surface area contributed by atoms with Crippen LogP contribution in [0.4, 0.5) is 0 Å². The molecule has 1 saturated carbocycles. The fourth-order valence-electron chi connectivity index (χ4n) is 3.14. The molecule has 0 aliphatic heterocycles. The summed E-state index contributed by atoms with van der Waals surface area (Å²) in [5.41, 5.74) is 6.61.